The Kier molecular flexibility index (Phi) is 6.29. The summed E-state index contributed by atoms with van der Waals surface area (Å²) in [6.07, 6.45) is 0.0611. The van der Waals surface area contributed by atoms with E-state index in [4.69, 9.17) is 9.47 Å². The quantitative estimate of drug-likeness (QED) is 0.701. The van der Waals surface area contributed by atoms with Crippen molar-refractivity contribution in [1.29, 1.82) is 0 Å². The molecule has 0 N–H and O–H groups in total. The van der Waals surface area contributed by atoms with Crippen molar-refractivity contribution in [2.24, 2.45) is 0 Å². The average molecular weight is 381 g/mol. The van der Waals surface area contributed by atoms with Crippen molar-refractivity contribution >= 4 is 31.3 Å². The Morgan fingerprint density at radius 2 is 1.38 bits per heavy atom. The number of carbonyl (C=O) groups is 2. The van der Waals surface area contributed by atoms with Crippen molar-refractivity contribution in [3.8, 4) is 0 Å². The Labute approximate surface area is 157 Å². The van der Waals surface area contributed by atoms with Crippen molar-refractivity contribution in [1.82, 2.24) is 4.98 Å². The summed E-state index contributed by atoms with van der Waals surface area (Å²) in [4.78, 5) is 31.0. The minimum atomic E-state index is -1.90. The van der Waals surface area contributed by atoms with E-state index in [1.54, 1.807) is 47.7 Å². The van der Waals surface area contributed by atoms with Crippen LogP contribution in [0.4, 0.5) is 15.4 Å². The van der Waals surface area contributed by atoms with Crippen LogP contribution in [0.3, 0.4) is 0 Å². The summed E-state index contributed by atoms with van der Waals surface area (Å²) in [6.45, 7) is 18.8. The molecule has 0 radical (unpaired) electrons. The topological polar surface area (TPSA) is 68.7 Å². The first-order chi connectivity index (χ1) is 11.5. The molecule has 0 aliphatic rings. The van der Waals surface area contributed by atoms with Crippen molar-refractivity contribution in [3.63, 3.8) is 0 Å². The molecule has 0 aromatic carbocycles. The van der Waals surface area contributed by atoms with Gasteiger partial charge >= 0.3 is 12.2 Å². The van der Waals surface area contributed by atoms with Crippen LogP contribution in [0.2, 0.25) is 19.6 Å². The van der Waals surface area contributed by atoms with Gasteiger partial charge in [0.1, 0.15) is 17.0 Å². The maximum Gasteiger partial charge on any atom is 0.425 e. The predicted octanol–water partition coefficient (Wildman–Crippen LogP) is 4.61. The van der Waals surface area contributed by atoms with E-state index in [-0.39, 0.29) is 0 Å². The molecule has 0 unspecified atom stereocenters. The average Bonchev–Trinajstić information content (AvgIpc) is 2.35. The third kappa shape index (κ3) is 6.44. The molecule has 0 aliphatic heterocycles. The van der Waals surface area contributed by atoms with Crippen molar-refractivity contribution < 1.29 is 19.1 Å². The predicted molar refractivity (Wildman–Crippen MR) is 107 cm³/mol. The summed E-state index contributed by atoms with van der Waals surface area (Å²) in [6, 6.07) is 1.98. The monoisotopic (exact) mass is 380 g/mol. The Hall–Kier alpha value is -1.89. The number of imide groups is 1. The highest BCUT2D eigenvalue weighted by molar-refractivity contribution is 6.89. The van der Waals surface area contributed by atoms with Gasteiger partial charge in [0.2, 0.25) is 0 Å². The van der Waals surface area contributed by atoms with Crippen LogP contribution in [0.15, 0.2) is 12.3 Å². The summed E-state index contributed by atoms with van der Waals surface area (Å²) in [5, 5.41) is 0.897. The maximum atomic E-state index is 12.8. The van der Waals surface area contributed by atoms with Gasteiger partial charge in [-0.05, 0) is 59.2 Å². The minimum Gasteiger partial charge on any atom is -0.443 e. The Morgan fingerprint density at radius 1 is 0.962 bits per heavy atom. The normalized spacial score (nSPS) is 12.5. The minimum absolute atomic E-state index is 0.290. The first-order valence-corrected chi connectivity index (χ1v) is 12.2. The first-order valence-electron chi connectivity index (χ1n) is 8.74. The fourth-order valence-corrected chi connectivity index (χ4v) is 3.66. The van der Waals surface area contributed by atoms with Crippen LogP contribution in [-0.4, -0.2) is 36.4 Å². The molecule has 2 amide bonds. The molecule has 146 valence electrons. The number of rotatable bonds is 2. The number of anilines is 1. The highest BCUT2D eigenvalue weighted by Crippen LogP contribution is 2.21. The molecule has 6 nitrogen and oxygen atoms in total. The van der Waals surface area contributed by atoms with Crippen LogP contribution in [0.1, 0.15) is 47.1 Å². The summed E-state index contributed by atoms with van der Waals surface area (Å²) in [7, 11) is -1.90. The fraction of sp³-hybridized carbons (Fsp3) is 0.632. The van der Waals surface area contributed by atoms with E-state index < -0.39 is 31.5 Å². The molecule has 0 saturated carbocycles. The number of hydrogen-bond acceptors (Lipinski definition) is 5. The zero-order valence-electron chi connectivity index (χ0n) is 17.7. The first kappa shape index (κ1) is 22.1. The molecule has 1 aromatic rings. The van der Waals surface area contributed by atoms with E-state index in [0.29, 0.717) is 5.82 Å². The van der Waals surface area contributed by atoms with Gasteiger partial charge < -0.3 is 9.47 Å². The molecule has 0 bridgehead atoms. The lowest BCUT2D eigenvalue weighted by Gasteiger charge is -2.30. The SMILES string of the molecule is Cc1cnc(N(C(=O)OC(C)(C)C)C(=O)OC(C)(C)C)c([Si](C)(C)C)c1. The van der Waals surface area contributed by atoms with E-state index in [0.717, 1.165) is 15.7 Å². The molecule has 0 aliphatic carbocycles. The highest BCUT2D eigenvalue weighted by atomic mass is 28.3. The lowest BCUT2D eigenvalue weighted by Crippen LogP contribution is -2.50. The van der Waals surface area contributed by atoms with Gasteiger partial charge in [-0.25, -0.2) is 14.6 Å². The zero-order valence-corrected chi connectivity index (χ0v) is 18.7. The Balaban J connectivity index is 3.51. The van der Waals surface area contributed by atoms with Gasteiger partial charge in [0.05, 0.1) is 8.07 Å². The molecule has 7 heteroatoms. The van der Waals surface area contributed by atoms with Crippen LogP contribution in [0.5, 0.6) is 0 Å². The number of hydrogen-bond donors (Lipinski definition) is 0. The van der Waals surface area contributed by atoms with E-state index in [1.807, 2.05) is 13.0 Å². The number of aromatic nitrogens is 1. The van der Waals surface area contributed by atoms with Gasteiger partial charge in [-0.1, -0.05) is 25.7 Å². The molecule has 1 rings (SSSR count). The molecule has 0 atom stereocenters. The molecular weight excluding hydrogens is 348 g/mol. The molecule has 0 spiro atoms. The van der Waals surface area contributed by atoms with E-state index in [2.05, 4.69) is 24.6 Å². The zero-order chi connectivity index (χ0) is 20.5. The van der Waals surface area contributed by atoms with Gasteiger partial charge in [0.15, 0.2) is 0 Å². The summed E-state index contributed by atoms with van der Waals surface area (Å²) >= 11 is 0. The second kappa shape index (κ2) is 7.38. The van der Waals surface area contributed by atoms with E-state index in [9.17, 15) is 9.59 Å². The van der Waals surface area contributed by atoms with E-state index in [1.165, 1.54) is 0 Å². The molecule has 1 heterocycles. The number of aryl methyl sites for hydroxylation is 1. The van der Waals surface area contributed by atoms with Crippen molar-refractivity contribution in [2.45, 2.75) is 79.3 Å². The lowest BCUT2D eigenvalue weighted by molar-refractivity contribution is 0.0429. The summed E-state index contributed by atoms with van der Waals surface area (Å²) < 4.78 is 10.9. The van der Waals surface area contributed by atoms with Crippen LogP contribution in [0.25, 0.3) is 0 Å². The molecule has 0 fully saturated rings. The van der Waals surface area contributed by atoms with Gasteiger partial charge in [-0.15, -0.1) is 0 Å². The molecular formula is C19H32N2O4Si. The van der Waals surface area contributed by atoms with Gasteiger partial charge in [-0.3, -0.25) is 0 Å². The Bertz CT molecular complexity index is 654. The smallest absolute Gasteiger partial charge is 0.425 e. The third-order valence-corrected chi connectivity index (χ3v) is 5.16. The third-order valence-electron chi connectivity index (χ3n) is 3.18. The van der Waals surface area contributed by atoms with Crippen LogP contribution >= 0.6 is 0 Å². The van der Waals surface area contributed by atoms with Crippen LogP contribution in [-0.2, 0) is 9.47 Å². The van der Waals surface area contributed by atoms with Crippen LogP contribution in [0, 0.1) is 6.92 Å². The second-order valence-corrected chi connectivity index (χ2v) is 14.5. The van der Waals surface area contributed by atoms with Crippen molar-refractivity contribution in [3.05, 3.63) is 17.8 Å². The lowest BCUT2D eigenvalue weighted by atomic mass is 10.2. The standard InChI is InChI=1S/C19H32N2O4Si/c1-13-11-14(26(8,9)10)15(20-12-13)21(16(22)24-18(2,3)4)17(23)25-19(5,6)7/h11-12H,1-10H3. The fourth-order valence-electron chi connectivity index (χ4n) is 2.15. The number of ether oxygens (including phenoxy) is 2. The van der Waals surface area contributed by atoms with Crippen molar-refractivity contribution in [2.75, 3.05) is 4.90 Å². The van der Waals surface area contributed by atoms with E-state index >= 15 is 0 Å². The summed E-state index contributed by atoms with van der Waals surface area (Å²) in [5.41, 5.74) is -0.526. The maximum absolute atomic E-state index is 12.8. The number of nitrogens with zero attached hydrogens (tertiary/aromatic N) is 2. The van der Waals surface area contributed by atoms with Gasteiger partial charge in [-0.2, -0.15) is 4.90 Å². The highest BCUT2D eigenvalue weighted by Gasteiger charge is 2.37. The molecule has 26 heavy (non-hydrogen) atoms. The summed E-state index contributed by atoms with van der Waals surface area (Å²) in [5.74, 6) is 0.290. The molecule has 0 saturated heterocycles. The Morgan fingerprint density at radius 3 is 1.73 bits per heavy atom. The van der Waals surface area contributed by atoms with Gasteiger partial charge in [0.25, 0.3) is 0 Å². The number of carbonyl (C=O) groups excluding carboxylic acids is 2. The number of amides is 2. The largest absolute Gasteiger partial charge is 0.443 e. The number of pyridine rings is 1. The second-order valence-electron chi connectivity index (χ2n) is 9.43. The van der Waals surface area contributed by atoms with Crippen LogP contribution < -0.4 is 10.1 Å². The van der Waals surface area contributed by atoms with Gasteiger partial charge in [0, 0.05) is 6.20 Å². The molecule has 1 aromatic heterocycles.